The fourth-order valence-electron chi connectivity index (χ4n) is 2.51. The fraction of sp³-hybridized carbons (Fsp3) is 0.556. The molecule has 22 heavy (non-hydrogen) atoms. The Morgan fingerprint density at radius 3 is 2.55 bits per heavy atom. The zero-order valence-electron chi connectivity index (χ0n) is 13.4. The van der Waals surface area contributed by atoms with Crippen LogP contribution in [0.15, 0.2) is 29.4 Å². The first-order valence-electron chi connectivity index (χ1n) is 8.38. The minimum absolute atomic E-state index is 0.158. The van der Waals surface area contributed by atoms with Crippen molar-refractivity contribution >= 4 is 11.6 Å². The molecule has 1 fully saturated rings. The van der Waals surface area contributed by atoms with Crippen molar-refractivity contribution in [2.75, 3.05) is 6.61 Å². The molecule has 0 radical (unpaired) electrons. The predicted molar refractivity (Wildman–Crippen MR) is 89.4 cm³/mol. The summed E-state index contributed by atoms with van der Waals surface area (Å²) in [5, 5.41) is 4.19. The van der Waals surface area contributed by atoms with Crippen molar-refractivity contribution in [3.05, 3.63) is 29.8 Å². The van der Waals surface area contributed by atoms with Gasteiger partial charge in [-0.05, 0) is 56.4 Å². The number of nitrogens with one attached hydrogen (secondary N) is 1. The molecule has 1 N–H and O–H groups in total. The molecule has 4 heteroatoms. The van der Waals surface area contributed by atoms with E-state index in [0.717, 1.165) is 37.3 Å². The fourth-order valence-corrected chi connectivity index (χ4v) is 2.51. The van der Waals surface area contributed by atoms with Gasteiger partial charge in [-0.2, -0.15) is 5.10 Å². The molecule has 0 spiro atoms. The molecular weight excluding hydrogens is 276 g/mol. The third kappa shape index (κ3) is 5.51. The molecule has 0 bridgehead atoms. The summed E-state index contributed by atoms with van der Waals surface area (Å²) >= 11 is 0. The summed E-state index contributed by atoms with van der Waals surface area (Å²) in [7, 11) is 0. The molecule has 0 saturated heterocycles. The maximum atomic E-state index is 12.0. The lowest BCUT2D eigenvalue weighted by Gasteiger charge is -2.07. The molecular formula is C18H26N2O2. The zero-order valence-corrected chi connectivity index (χ0v) is 13.4. The van der Waals surface area contributed by atoms with Gasteiger partial charge in [0.05, 0.1) is 6.61 Å². The van der Waals surface area contributed by atoms with E-state index in [1.54, 1.807) is 12.1 Å². The van der Waals surface area contributed by atoms with Crippen LogP contribution in [0.1, 0.15) is 68.6 Å². The summed E-state index contributed by atoms with van der Waals surface area (Å²) in [5.41, 5.74) is 4.34. The van der Waals surface area contributed by atoms with Gasteiger partial charge in [0.2, 0.25) is 0 Å². The number of benzene rings is 1. The van der Waals surface area contributed by atoms with Crippen LogP contribution in [0.4, 0.5) is 0 Å². The lowest BCUT2D eigenvalue weighted by molar-refractivity contribution is 0.0954. The number of unbranched alkanes of at least 4 members (excludes halogenated alkanes) is 3. The Labute approximate surface area is 132 Å². The molecule has 1 aromatic carbocycles. The molecule has 0 unspecified atom stereocenters. The Bertz CT molecular complexity index is 486. The number of ether oxygens (including phenoxy) is 1. The van der Waals surface area contributed by atoms with Crippen molar-refractivity contribution in [2.45, 2.75) is 58.3 Å². The highest BCUT2D eigenvalue weighted by molar-refractivity contribution is 5.95. The predicted octanol–water partition coefficient (Wildman–Crippen LogP) is 4.31. The second-order valence-corrected chi connectivity index (χ2v) is 5.76. The van der Waals surface area contributed by atoms with Crippen molar-refractivity contribution in [1.82, 2.24) is 5.43 Å². The van der Waals surface area contributed by atoms with Gasteiger partial charge in [0.25, 0.3) is 5.91 Å². The van der Waals surface area contributed by atoms with Gasteiger partial charge in [0.15, 0.2) is 0 Å². The number of carbonyl (C=O) groups excluding carboxylic acids is 1. The Hall–Kier alpha value is -1.84. The van der Waals surface area contributed by atoms with Crippen LogP contribution < -0.4 is 10.2 Å². The second-order valence-electron chi connectivity index (χ2n) is 5.76. The minimum Gasteiger partial charge on any atom is -0.494 e. The van der Waals surface area contributed by atoms with Crippen molar-refractivity contribution < 1.29 is 9.53 Å². The molecule has 0 atom stereocenters. The topological polar surface area (TPSA) is 50.7 Å². The van der Waals surface area contributed by atoms with E-state index in [2.05, 4.69) is 17.5 Å². The number of carbonyl (C=O) groups is 1. The lowest BCUT2D eigenvalue weighted by Crippen LogP contribution is -2.18. The van der Waals surface area contributed by atoms with Crippen LogP contribution in [0.5, 0.6) is 5.75 Å². The highest BCUT2D eigenvalue weighted by Gasteiger charge is 2.09. The third-order valence-electron chi connectivity index (χ3n) is 3.88. The van der Waals surface area contributed by atoms with E-state index < -0.39 is 0 Å². The van der Waals surface area contributed by atoms with Gasteiger partial charge in [-0.1, -0.05) is 26.2 Å². The molecule has 4 nitrogen and oxygen atoms in total. The zero-order chi connectivity index (χ0) is 15.6. The van der Waals surface area contributed by atoms with Gasteiger partial charge in [0.1, 0.15) is 5.75 Å². The van der Waals surface area contributed by atoms with Gasteiger partial charge >= 0.3 is 0 Å². The van der Waals surface area contributed by atoms with Gasteiger partial charge < -0.3 is 4.74 Å². The first kappa shape index (κ1) is 16.5. The maximum absolute atomic E-state index is 12.0. The van der Waals surface area contributed by atoms with Crippen molar-refractivity contribution in [3.63, 3.8) is 0 Å². The highest BCUT2D eigenvalue weighted by atomic mass is 16.5. The van der Waals surface area contributed by atoms with Gasteiger partial charge in [-0.25, -0.2) is 5.43 Å². The largest absolute Gasteiger partial charge is 0.494 e. The number of amides is 1. The summed E-state index contributed by atoms with van der Waals surface area (Å²) < 4.78 is 5.67. The molecule has 0 aliphatic heterocycles. The Morgan fingerprint density at radius 1 is 1.14 bits per heavy atom. The molecule has 1 saturated carbocycles. The summed E-state index contributed by atoms with van der Waals surface area (Å²) in [5.74, 6) is 0.657. The van der Waals surface area contributed by atoms with Crippen LogP contribution in [-0.4, -0.2) is 18.2 Å². The minimum atomic E-state index is -0.158. The van der Waals surface area contributed by atoms with Crippen LogP contribution >= 0.6 is 0 Å². The van der Waals surface area contributed by atoms with E-state index in [-0.39, 0.29) is 5.91 Å². The van der Waals surface area contributed by atoms with Gasteiger partial charge in [0, 0.05) is 11.3 Å². The molecule has 120 valence electrons. The molecule has 1 aliphatic carbocycles. The van der Waals surface area contributed by atoms with Crippen LogP contribution in [0.25, 0.3) is 0 Å². The normalized spacial score (nSPS) is 14.0. The Kier molecular flexibility index (Phi) is 6.94. The monoisotopic (exact) mass is 302 g/mol. The van der Waals surface area contributed by atoms with Gasteiger partial charge in [-0.3, -0.25) is 4.79 Å². The van der Waals surface area contributed by atoms with E-state index >= 15 is 0 Å². The molecule has 0 heterocycles. The average Bonchev–Trinajstić information content (AvgIpc) is 3.06. The lowest BCUT2D eigenvalue weighted by atomic mass is 10.2. The average molecular weight is 302 g/mol. The molecule has 1 aliphatic rings. The number of hydrogen-bond acceptors (Lipinski definition) is 3. The Balaban J connectivity index is 1.75. The molecule has 0 aromatic heterocycles. The van der Waals surface area contributed by atoms with Crippen LogP contribution in [0, 0.1) is 0 Å². The first-order valence-corrected chi connectivity index (χ1v) is 8.38. The summed E-state index contributed by atoms with van der Waals surface area (Å²) in [4.78, 5) is 12.0. The summed E-state index contributed by atoms with van der Waals surface area (Å²) in [6.07, 6.45) is 9.14. The van der Waals surface area contributed by atoms with E-state index in [4.69, 9.17) is 4.74 Å². The highest BCUT2D eigenvalue weighted by Crippen LogP contribution is 2.15. The van der Waals surface area contributed by atoms with Crippen LogP contribution in [0.2, 0.25) is 0 Å². The number of nitrogens with zero attached hydrogens (tertiary/aromatic N) is 1. The SMILES string of the molecule is CCCCCCOc1ccc(C(=O)NN=C2CCCC2)cc1. The molecule has 1 aromatic rings. The van der Waals surface area contributed by atoms with Crippen LogP contribution in [0.3, 0.4) is 0 Å². The number of hydrogen-bond donors (Lipinski definition) is 1. The quantitative estimate of drug-likeness (QED) is 0.575. The summed E-state index contributed by atoms with van der Waals surface area (Å²) in [6, 6.07) is 7.26. The smallest absolute Gasteiger partial charge is 0.271 e. The second kappa shape index (κ2) is 9.23. The molecule has 1 amide bonds. The van der Waals surface area contributed by atoms with E-state index in [1.165, 1.54) is 32.1 Å². The maximum Gasteiger partial charge on any atom is 0.271 e. The number of hydrazone groups is 1. The number of rotatable bonds is 8. The van der Waals surface area contributed by atoms with Crippen molar-refractivity contribution in [1.29, 1.82) is 0 Å². The van der Waals surface area contributed by atoms with E-state index in [1.807, 2.05) is 12.1 Å². The van der Waals surface area contributed by atoms with E-state index in [0.29, 0.717) is 5.56 Å². The standard InChI is InChI=1S/C18H26N2O2/c1-2-3-4-7-14-22-17-12-10-15(11-13-17)18(21)20-19-16-8-5-6-9-16/h10-13H,2-9,14H2,1H3,(H,20,21). The van der Waals surface area contributed by atoms with Crippen molar-refractivity contribution in [2.24, 2.45) is 5.10 Å². The Morgan fingerprint density at radius 2 is 1.86 bits per heavy atom. The van der Waals surface area contributed by atoms with Crippen molar-refractivity contribution in [3.8, 4) is 5.75 Å². The van der Waals surface area contributed by atoms with E-state index in [9.17, 15) is 4.79 Å². The van der Waals surface area contributed by atoms with Gasteiger partial charge in [-0.15, -0.1) is 0 Å². The third-order valence-corrected chi connectivity index (χ3v) is 3.88. The first-order chi connectivity index (χ1) is 10.8. The summed E-state index contributed by atoms with van der Waals surface area (Å²) in [6.45, 7) is 2.93. The van der Waals surface area contributed by atoms with Crippen LogP contribution in [-0.2, 0) is 0 Å². The molecule has 2 rings (SSSR count).